The summed E-state index contributed by atoms with van der Waals surface area (Å²) in [6, 6.07) is 11.5. The molecule has 83 valence electrons. The Morgan fingerprint density at radius 2 is 1.80 bits per heavy atom. The van der Waals surface area contributed by atoms with Crippen molar-refractivity contribution in [2.24, 2.45) is 0 Å². The first kappa shape index (κ1) is 21.1. The van der Waals surface area contributed by atoms with Crippen LogP contribution in [0.1, 0.15) is 27.7 Å². The standard InChI is InChI=1S/C9H12N.C3H7.W.Y/c1-8(2)10-9-6-4-3-5-7-9;1-3-2;;/h3-6,8,10H,1-2H3;3H,1-2H3;;/q2*-1;;. The summed E-state index contributed by atoms with van der Waals surface area (Å²) < 4.78 is 0. The molecule has 1 N–H and O–H groups in total. The second-order valence-electron chi connectivity index (χ2n) is 3.15. The summed E-state index contributed by atoms with van der Waals surface area (Å²) in [5.41, 5.74) is 1.07. The molecule has 0 unspecified atom stereocenters. The summed E-state index contributed by atoms with van der Waals surface area (Å²) in [6.45, 7) is 8.22. The molecule has 1 nitrogen and oxygen atoms in total. The molecule has 0 aromatic heterocycles. The fraction of sp³-hybridized carbons (Fsp3) is 0.417. The normalized spacial score (nSPS) is 7.80. The van der Waals surface area contributed by atoms with Gasteiger partial charge in [0.25, 0.3) is 0 Å². The molecule has 15 heavy (non-hydrogen) atoms. The van der Waals surface area contributed by atoms with E-state index in [1.54, 1.807) is 0 Å². The molecule has 0 aliphatic carbocycles. The van der Waals surface area contributed by atoms with Gasteiger partial charge in [-0.3, -0.25) is 0 Å². The first-order valence-corrected chi connectivity index (χ1v) is 4.68. The van der Waals surface area contributed by atoms with Crippen LogP contribution in [0.25, 0.3) is 0 Å². The molecule has 0 spiro atoms. The van der Waals surface area contributed by atoms with Crippen molar-refractivity contribution >= 4 is 5.69 Å². The van der Waals surface area contributed by atoms with E-state index in [0.29, 0.717) is 6.04 Å². The van der Waals surface area contributed by atoms with E-state index in [2.05, 4.69) is 25.2 Å². The average Bonchev–Trinajstić information content (AvgIpc) is 2.06. The van der Waals surface area contributed by atoms with Gasteiger partial charge in [0.2, 0.25) is 0 Å². The van der Waals surface area contributed by atoms with Gasteiger partial charge in [0.1, 0.15) is 0 Å². The van der Waals surface area contributed by atoms with E-state index in [-0.39, 0.29) is 53.8 Å². The molecule has 0 aliphatic heterocycles. The van der Waals surface area contributed by atoms with Gasteiger partial charge in [-0.25, -0.2) is 0 Å². The van der Waals surface area contributed by atoms with Crippen LogP contribution in [0.3, 0.4) is 0 Å². The van der Waals surface area contributed by atoms with Crippen molar-refractivity contribution in [1.82, 2.24) is 0 Å². The number of para-hydroxylation sites is 1. The quantitative estimate of drug-likeness (QED) is 0.681. The van der Waals surface area contributed by atoms with Gasteiger partial charge >= 0.3 is 0 Å². The van der Waals surface area contributed by atoms with Crippen molar-refractivity contribution in [3.05, 3.63) is 36.8 Å². The van der Waals surface area contributed by atoms with Gasteiger partial charge in [-0.2, -0.15) is 38.1 Å². The van der Waals surface area contributed by atoms with E-state index in [9.17, 15) is 0 Å². The summed E-state index contributed by atoms with van der Waals surface area (Å²) in [7, 11) is 0. The minimum Gasteiger partial charge on any atom is -0.405 e. The van der Waals surface area contributed by atoms with Crippen molar-refractivity contribution in [3.63, 3.8) is 0 Å². The zero-order chi connectivity index (χ0) is 10.1. The molecule has 0 saturated carbocycles. The van der Waals surface area contributed by atoms with Crippen LogP contribution in [0.5, 0.6) is 0 Å². The molecule has 1 aromatic carbocycles. The molecule has 0 amide bonds. The predicted molar refractivity (Wildman–Crippen MR) is 59.7 cm³/mol. The number of hydrogen-bond donors (Lipinski definition) is 1. The van der Waals surface area contributed by atoms with Crippen LogP contribution in [0, 0.1) is 12.5 Å². The third kappa shape index (κ3) is 14.8. The van der Waals surface area contributed by atoms with E-state index in [4.69, 9.17) is 0 Å². The van der Waals surface area contributed by atoms with Gasteiger partial charge in [-0.05, 0) is 13.8 Å². The smallest absolute Gasteiger partial charge is 0.0183 e. The van der Waals surface area contributed by atoms with Gasteiger partial charge < -0.3 is 11.7 Å². The maximum absolute atomic E-state index is 3.25. The third-order valence-electron chi connectivity index (χ3n) is 1.15. The van der Waals surface area contributed by atoms with E-state index < -0.39 is 0 Å². The van der Waals surface area contributed by atoms with E-state index in [1.807, 2.05) is 44.5 Å². The first-order valence-electron chi connectivity index (χ1n) is 4.68. The third-order valence-corrected chi connectivity index (χ3v) is 1.15. The summed E-state index contributed by atoms with van der Waals surface area (Å²) in [4.78, 5) is 0. The first-order chi connectivity index (χ1) is 6.20. The molecule has 3 heteroatoms. The number of anilines is 1. The molecule has 0 atom stereocenters. The topological polar surface area (TPSA) is 12.0 Å². The molecule has 0 saturated heterocycles. The number of nitrogens with one attached hydrogen (secondary N) is 1. The fourth-order valence-corrected chi connectivity index (χ4v) is 0.794. The Morgan fingerprint density at radius 1 is 1.27 bits per heavy atom. The maximum atomic E-state index is 3.25. The van der Waals surface area contributed by atoms with Gasteiger partial charge in [-0.15, -0.1) is 6.07 Å². The Morgan fingerprint density at radius 3 is 2.13 bits per heavy atom. The second-order valence-corrected chi connectivity index (χ2v) is 3.15. The van der Waals surface area contributed by atoms with Crippen LogP contribution >= 0.6 is 0 Å². The van der Waals surface area contributed by atoms with Crippen molar-refractivity contribution in [2.75, 3.05) is 5.32 Å². The van der Waals surface area contributed by atoms with Crippen LogP contribution in [0.4, 0.5) is 5.69 Å². The average molecular weight is 450 g/mol. The van der Waals surface area contributed by atoms with E-state index >= 15 is 0 Å². The van der Waals surface area contributed by atoms with Crippen molar-refractivity contribution in [3.8, 4) is 0 Å². The summed E-state index contributed by atoms with van der Waals surface area (Å²) in [5.74, 6) is 0. The molecule has 0 aliphatic rings. The van der Waals surface area contributed by atoms with Crippen molar-refractivity contribution in [1.29, 1.82) is 0 Å². The molecule has 1 aromatic rings. The Hall–Kier alpha value is 0.812. The number of benzene rings is 1. The summed E-state index contributed by atoms with van der Waals surface area (Å²) >= 11 is 0. The monoisotopic (exact) mass is 450 g/mol. The van der Waals surface area contributed by atoms with Crippen molar-refractivity contribution in [2.45, 2.75) is 33.7 Å². The molecule has 0 bridgehead atoms. The van der Waals surface area contributed by atoms with Crippen molar-refractivity contribution < 1.29 is 53.8 Å². The van der Waals surface area contributed by atoms with Crippen LogP contribution in [-0.4, -0.2) is 6.04 Å². The Kier molecular flexibility index (Phi) is 20.9. The molecule has 1 rings (SSSR count). The zero-order valence-corrected chi connectivity index (χ0v) is 15.7. The van der Waals surface area contributed by atoms with Gasteiger partial charge in [0, 0.05) is 59.8 Å². The summed E-state index contributed by atoms with van der Waals surface area (Å²) in [6.07, 6.45) is 2.00. The number of rotatable bonds is 2. The second kappa shape index (κ2) is 14.8. The Balaban J connectivity index is -0.000000260. The molecular formula is C12H19NWY-2. The Bertz CT molecular complexity index is 202. The molecule has 0 fully saturated rings. The largest absolute Gasteiger partial charge is 0.405 e. The SMILES string of the molecule is CC(C)Nc1[c-]cccc1.C[CH-]C.[W].[Y]. The van der Waals surface area contributed by atoms with Gasteiger partial charge in [-0.1, -0.05) is 5.69 Å². The van der Waals surface area contributed by atoms with Crippen LogP contribution < -0.4 is 5.32 Å². The Labute approximate surface area is 134 Å². The van der Waals surface area contributed by atoms with Crippen LogP contribution in [0.15, 0.2) is 24.3 Å². The molecule has 0 heterocycles. The predicted octanol–water partition coefficient (Wildman–Crippen LogP) is 3.53. The molecular weight excluding hydrogens is 431 g/mol. The van der Waals surface area contributed by atoms with E-state index in [0.717, 1.165) is 5.69 Å². The van der Waals surface area contributed by atoms with Crippen LogP contribution in [-0.2, 0) is 53.8 Å². The van der Waals surface area contributed by atoms with Gasteiger partial charge in [0.15, 0.2) is 0 Å². The van der Waals surface area contributed by atoms with E-state index in [1.165, 1.54) is 0 Å². The number of hydrogen-bond acceptors (Lipinski definition) is 1. The minimum atomic E-state index is 0. The zero-order valence-electron chi connectivity index (χ0n) is 9.95. The molecule has 1 radical (unpaired) electrons. The van der Waals surface area contributed by atoms with Gasteiger partial charge in [0.05, 0.1) is 0 Å². The van der Waals surface area contributed by atoms with Crippen LogP contribution in [0.2, 0.25) is 0 Å². The maximum Gasteiger partial charge on any atom is 0.0183 e. The summed E-state index contributed by atoms with van der Waals surface area (Å²) in [5, 5.41) is 3.25. The fourth-order valence-electron chi connectivity index (χ4n) is 0.794. The minimum absolute atomic E-state index is 0.